The second-order valence-corrected chi connectivity index (χ2v) is 11.8. The number of carbonyl (C=O) groups excluding carboxylic acids is 3. The Kier molecular flexibility index (Phi) is 8.79. The summed E-state index contributed by atoms with van der Waals surface area (Å²) in [6, 6.07) is 18.8. The standard InChI is InChI=1S/C31H34N6O4S/c1-19(2)28(37-18-25(34-35-37)27-9-6-14-42-27)31(41)36-17-23(38)16-26(36)30(40)33-24(29(32)39)15-20-10-12-22(13-11-20)21-7-4-3-5-8-21/h3-14,18-19,23-24,26,28,38H,15-17H2,1-2H3,(H2,32,39)(H,33,40)/t23-,24-,26+,28+/m1/s1. The van der Waals surface area contributed by atoms with Crippen molar-refractivity contribution in [2.24, 2.45) is 11.7 Å². The van der Waals surface area contributed by atoms with E-state index in [-0.39, 0.29) is 31.2 Å². The lowest BCUT2D eigenvalue weighted by Gasteiger charge is -2.30. The van der Waals surface area contributed by atoms with Crippen molar-refractivity contribution >= 4 is 29.1 Å². The Hall–Kier alpha value is -4.35. The van der Waals surface area contributed by atoms with Crippen molar-refractivity contribution in [1.29, 1.82) is 0 Å². The maximum Gasteiger partial charge on any atom is 0.248 e. The lowest BCUT2D eigenvalue weighted by Crippen LogP contribution is -2.54. The quantitative estimate of drug-likeness (QED) is 0.261. The van der Waals surface area contributed by atoms with E-state index in [0.29, 0.717) is 5.69 Å². The van der Waals surface area contributed by atoms with Crippen LogP contribution in [0.25, 0.3) is 21.7 Å². The molecule has 3 amide bonds. The van der Waals surface area contributed by atoms with Crippen LogP contribution in [0.3, 0.4) is 0 Å². The number of hydrogen-bond donors (Lipinski definition) is 3. The number of benzene rings is 2. The van der Waals surface area contributed by atoms with E-state index in [0.717, 1.165) is 21.6 Å². The summed E-state index contributed by atoms with van der Waals surface area (Å²) in [5.41, 5.74) is 9.26. The van der Waals surface area contributed by atoms with Gasteiger partial charge in [-0.2, -0.15) is 0 Å². The summed E-state index contributed by atoms with van der Waals surface area (Å²) in [5.74, 6) is -1.74. The van der Waals surface area contributed by atoms with Gasteiger partial charge in [-0.25, -0.2) is 4.68 Å². The van der Waals surface area contributed by atoms with Crippen LogP contribution in [0.15, 0.2) is 78.3 Å². The van der Waals surface area contributed by atoms with E-state index < -0.39 is 36.0 Å². The van der Waals surface area contributed by atoms with E-state index in [1.165, 1.54) is 20.9 Å². The number of β-amino-alcohol motifs (C(OH)–C–C–N with tert-alkyl or cyclic N) is 1. The lowest BCUT2D eigenvalue weighted by atomic mass is 10.00. The van der Waals surface area contributed by atoms with Gasteiger partial charge in [-0.05, 0) is 34.1 Å². The first-order chi connectivity index (χ1) is 20.2. The van der Waals surface area contributed by atoms with Crippen molar-refractivity contribution in [3.63, 3.8) is 0 Å². The third-order valence-corrected chi connectivity index (χ3v) is 8.37. The molecule has 4 N–H and O–H groups in total. The van der Waals surface area contributed by atoms with Gasteiger partial charge in [0.1, 0.15) is 23.8 Å². The Balaban J connectivity index is 1.30. The Bertz CT molecular complexity index is 1520. The number of aliphatic hydroxyl groups excluding tert-OH is 1. The Labute approximate surface area is 248 Å². The molecule has 0 unspecified atom stereocenters. The Morgan fingerprint density at radius 2 is 1.76 bits per heavy atom. The third kappa shape index (κ3) is 6.42. The highest BCUT2D eigenvalue weighted by atomic mass is 32.1. The zero-order valence-corrected chi connectivity index (χ0v) is 24.3. The average Bonchev–Trinajstić information content (AvgIpc) is 3.75. The molecule has 11 heteroatoms. The number of thiophene rings is 1. The second-order valence-electron chi connectivity index (χ2n) is 10.9. The zero-order chi connectivity index (χ0) is 29.8. The van der Waals surface area contributed by atoms with Crippen molar-refractivity contribution in [3.8, 4) is 21.7 Å². The molecule has 4 aromatic rings. The monoisotopic (exact) mass is 586 g/mol. The van der Waals surface area contributed by atoms with Gasteiger partial charge < -0.3 is 21.1 Å². The van der Waals surface area contributed by atoms with Crippen molar-refractivity contribution in [1.82, 2.24) is 25.2 Å². The molecule has 5 rings (SSSR count). The number of aliphatic hydroxyl groups is 1. The Morgan fingerprint density at radius 1 is 1.05 bits per heavy atom. The summed E-state index contributed by atoms with van der Waals surface area (Å²) < 4.78 is 1.52. The molecule has 2 aromatic heterocycles. The van der Waals surface area contributed by atoms with Crippen molar-refractivity contribution < 1.29 is 19.5 Å². The number of rotatable bonds is 10. The molecule has 3 heterocycles. The fraction of sp³-hybridized carbons (Fsp3) is 0.323. The van der Waals surface area contributed by atoms with Gasteiger partial charge in [-0.1, -0.05) is 79.7 Å². The molecule has 10 nitrogen and oxygen atoms in total. The molecular formula is C31H34N6O4S. The van der Waals surface area contributed by atoms with E-state index in [1.807, 2.05) is 86.0 Å². The topological polar surface area (TPSA) is 143 Å². The molecule has 1 aliphatic heterocycles. The number of nitrogens with zero attached hydrogens (tertiary/aromatic N) is 4. The number of carbonyl (C=O) groups is 3. The van der Waals surface area contributed by atoms with Crippen LogP contribution >= 0.6 is 11.3 Å². The molecule has 1 aliphatic rings. The SMILES string of the molecule is CC(C)[C@@H](C(=O)N1C[C@H](O)C[C@H]1C(=O)N[C@H](Cc1ccc(-c2ccccc2)cc1)C(N)=O)n1cc(-c2cccs2)nn1. The first-order valence-corrected chi connectivity index (χ1v) is 14.8. The van der Waals surface area contributed by atoms with Crippen molar-refractivity contribution in [2.75, 3.05) is 6.54 Å². The first kappa shape index (κ1) is 29.2. The number of nitrogens with two attached hydrogens (primary N) is 1. The number of likely N-dealkylation sites (tertiary alicyclic amines) is 1. The minimum atomic E-state index is -0.987. The summed E-state index contributed by atoms with van der Waals surface area (Å²) in [5, 5.41) is 23.6. The Morgan fingerprint density at radius 3 is 2.40 bits per heavy atom. The lowest BCUT2D eigenvalue weighted by molar-refractivity contribution is -0.143. The van der Waals surface area contributed by atoms with E-state index in [9.17, 15) is 19.5 Å². The minimum Gasteiger partial charge on any atom is -0.391 e. The molecule has 0 radical (unpaired) electrons. The van der Waals surface area contributed by atoms with Crippen LogP contribution in [-0.2, 0) is 20.8 Å². The van der Waals surface area contributed by atoms with Gasteiger partial charge in [0, 0.05) is 19.4 Å². The van der Waals surface area contributed by atoms with Gasteiger partial charge in [-0.3, -0.25) is 14.4 Å². The zero-order valence-electron chi connectivity index (χ0n) is 23.5. The molecule has 0 spiro atoms. The smallest absolute Gasteiger partial charge is 0.248 e. The molecule has 1 fully saturated rings. The maximum absolute atomic E-state index is 13.9. The number of aromatic nitrogens is 3. The van der Waals surface area contributed by atoms with E-state index in [4.69, 9.17) is 5.73 Å². The van der Waals surface area contributed by atoms with Gasteiger partial charge in [0.2, 0.25) is 17.7 Å². The molecule has 0 saturated carbocycles. The number of nitrogens with one attached hydrogen (secondary N) is 1. The fourth-order valence-electron chi connectivity index (χ4n) is 5.32. The molecule has 42 heavy (non-hydrogen) atoms. The van der Waals surface area contributed by atoms with Crippen LogP contribution in [0.1, 0.15) is 31.9 Å². The van der Waals surface area contributed by atoms with E-state index in [1.54, 1.807) is 6.20 Å². The fourth-order valence-corrected chi connectivity index (χ4v) is 5.99. The molecule has 0 aliphatic carbocycles. The van der Waals surface area contributed by atoms with Gasteiger partial charge in [-0.15, -0.1) is 16.4 Å². The van der Waals surface area contributed by atoms with Gasteiger partial charge >= 0.3 is 0 Å². The molecule has 2 aromatic carbocycles. The van der Waals surface area contributed by atoms with Gasteiger partial charge in [0.25, 0.3) is 0 Å². The molecule has 4 atom stereocenters. The molecule has 218 valence electrons. The predicted octanol–water partition coefficient (Wildman–Crippen LogP) is 3.05. The summed E-state index contributed by atoms with van der Waals surface area (Å²) in [4.78, 5) is 42.0. The van der Waals surface area contributed by atoms with Gasteiger partial charge in [0.15, 0.2) is 0 Å². The van der Waals surface area contributed by atoms with Crippen LogP contribution in [0.2, 0.25) is 0 Å². The molecule has 1 saturated heterocycles. The second kappa shape index (κ2) is 12.7. The summed E-state index contributed by atoms with van der Waals surface area (Å²) in [7, 11) is 0. The van der Waals surface area contributed by atoms with Crippen LogP contribution in [0, 0.1) is 5.92 Å². The summed E-state index contributed by atoms with van der Waals surface area (Å²) in [6.07, 6.45) is 1.09. The van der Waals surface area contributed by atoms with Crippen molar-refractivity contribution in [3.05, 3.63) is 83.9 Å². The first-order valence-electron chi connectivity index (χ1n) is 13.9. The minimum absolute atomic E-state index is 0.00515. The van der Waals surface area contributed by atoms with Crippen LogP contribution in [0.5, 0.6) is 0 Å². The maximum atomic E-state index is 13.9. The highest BCUT2D eigenvalue weighted by molar-refractivity contribution is 7.13. The van der Waals surface area contributed by atoms with E-state index in [2.05, 4.69) is 15.6 Å². The number of primary amides is 1. The van der Waals surface area contributed by atoms with Crippen LogP contribution in [-0.4, -0.2) is 67.5 Å². The number of hydrogen-bond acceptors (Lipinski definition) is 7. The van der Waals surface area contributed by atoms with Crippen molar-refractivity contribution in [2.45, 2.75) is 50.9 Å². The van der Waals surface area contributed by atoms with Crippen LogP contribution in [0.4, 0.5) is 0 Å². The number of amides is 3. The van der Waals surface area contributed by atoms with Crippen LogP contribution < -0.4 is 11.1 Å². The third-order valence-electron chi connectivity index (χ3n) is 7.48. The molecular weight excluding hydrogens is 552 g/mol. The van der Waals surface area contributed by atoms with E-state index >= 15 is 0 Å². The highest BCUT2D eigenvalue weighted by Gasteiger charge is 2.43. The summed E-state index contributed by atoms with van der Waals surface area (Å²) >= 11 is 1.52. The van der Waals surface area contributed by atoms with Gasteiger partial charge in [0.05, 0.1) is 17.2 Å². The summed E-state index contributed by atoms with van der Waals surface area (Å²) in [6.45, 7) is 3.78. The average molecular weight is 587 g/mol. The normalized spacial score (nSPS) is 18.1. The largest absolute Gasteiger partial charge is 0.391 e. The predicted molar refractivity (Wildman–Crippen MR) is 160 cm³/mol. The molecule has 0 bridgehead atoms. The highest BCUT2D eigenvalue weighted by Crippen LogP contribution is 2.29.